The van der Waals surface area contributed by atoms with E-state index in [4.69, 9.17) is 5.73 Å². The topological polar surface area (TPSA) is 29.3 Å². The van der Waals surface area contributed by atoms with Crippen molar-refractivity contribution < 1.29 is 0 Å². The van der Waals surface area contributed by atoms with Crippen LogP contribution in [0.4, 0.5) is 5.69 Å². The van der Waals surface area contributed by atoms with Gasteiger partial charge < -0.3 is 10.6 Å². The van der Waals surface area contributed by atoms with Crippen molar-refractivity contribution >= 4 is 5.69 Å². The number of aryl methyl sites for hydroxylation is 1. The van der Waals surface area contributed by atoms with Gasteiger partial charge in [0.15, 0.2) is 0 Å². The first kappa shape index (κ1) is 12.4. The molecule has 2 rings (SSSR count). The highest BCUT2D eigenvalue weighted by Crippen LogP contribution is 2.18. The van der Waals surface area contributed by atoms with Gasteiger partial charge in [0.2, 0.25) is 0 Å². The molecular formula is C15H24N2. The average molecular weight is 232 g/mol. The lowest BCUT2D eigenvalue weighted by Gasteiger charge is -2.30. The van der Waals surface area contributed by atoms with Crippen LogP contribution in [0.5, 0.6) is 0 Å². The summed E-state index contributed by atoms with van der Waals surface area (Å²) in [5.41, 5.74) is 9.57. The quantitative estimate of drug-likeness (QED) is 0.812. The number of nitrogen functional groups attached to an aromatic ring is 1. The summed E-state index contributed by atoms with van der Waals surface area (Å²) in [6.45, 7) is 8.15. The Bertz CT molecular complexity index is 365. The first-order chi connectivity index (χ1) is 8.15. The van der Waals surface area contributed by atoms with Crippen molar-refractivity contribution in [3.05, 3.63) is 29.3 Å². The van der Waals surface area contributed by atoms with Crippen LogP contribution in [-0.2, 0) is 6.42 Å². The van der Waals surface area contributed by atoms with E-state index in [1.165, 1.54) is 37.1 Å². The van der Waals surface area contributed by atoms with E-state index in [0.717, 1.165) is 24.6 Å². The summed E-state index contributed by atoms with van der Waals surface area (Å²) < 4.78 is 0. The molecule has 1 aromatic rings. The molecular weight excluding hydrogens is 208 g/mol. The Morgan fingerprint density at radius 1 is 1.29 bits per heavy atom. The molecule has 1 saturated heterocycles. The second-order valence-corrected chi connectivity index (χ2v) is 5.48. The van der Waals surface area contributed by atoms with Crippen LogP contribution in [0.1, 0.15) is 30.9 Å². The highest BCUT2D eigenvalue weighted by molar-refractivity contribution is 5.48. The van der Waals surface area contributed by atoms with Gasteiger partial charge in [0.05, 0.1) is 0 Å². The summed E-state index contributed by atoms with van der Waals surface area (Å²) >= 11 is 0. The van der Waals surface area contributed by atoms with Crippen LogP contribution in [0.25, 0.3) is 0 Å². The molecule has 0 amide bonds. The molecule has 1 aromatic carbocycles. The minimum absolute atomic E-state index is 0.912. The van der Waals surface area contributed by atoms with Gasteiger partial charge >= 0.3 is 0 Å². The van der Waals surface area contributed by atoms with Gasteiger partial charge in [-0.05, 0) is 56.8 Å². The van der Waals surface area contributed by atoms with Crippen LogP contribution in [-0.4, -0.2) is 24.5 Å². The third-order valence-electron chi connectivity index (χ3n) is 3.87. The number of benzene rings is 1. The fourth-order valence-corrected chi connectivity index (χ4v) is 2.52. The Hall–Kier alpha value is -1.02. The number of hydrogen-bond donors (Lipinski definition) is 1. The maximum Gasteiger partial charge on any atom is 0.0347 e. The number of hydrogen-bond acceptors (Lipinski definition) is 2. The zero-order valence-corrected chi connectivity index (χ0v) is 11.1. The lowest BCUT2D eigenvalue weighted by atomic mass is 9.98. The Morgan fingerprint density at radius 3 is 2.71 bits per heavy atom. The summed E-state index contributed by atoms with van der Waals surface area (Å²) in [5, 5.41) is 0. The Morgan fingerprint density at radius 2 is 2.00 bits per heavy atom. The molecule has 0 saturated carbocycles. The molecule has 2 heteroatoms. The highest BCUT2D eigenvalue weighted by atomic mass is 15.1. The van der Waals surface area contributed by atoms with Crippen LogP contribution in [0, 0.1) is 12.8 Å². The van der Waals surface area contributed by atoms with Crippen LogP contribution in [0.2, 0.25) is 0 Å². The molecule has 1 aliphatic rings. The zero-order valence-electron chi connectivity index (χ0n) is 11.1. The molecule has 2 N–H and O–H groups in total. The lowest BCUT2D eigenvalue weighted by Crippen LogP contribution is -2.34. The van der Waals surface area contributed by atoms with E-state index < -0.39 is 0 Å². The normalized spacial score (nSPS) is 18.5. The van der Waals surface area contributed by atoms with E-state index in [-0.39, 0.29) is 0 Å². The summed E-state index contributed by atoms with van der Waals surface area (Å²) in [6, 6.07) is 6.34. The molecule has 0 aromatic heterocycles. The molecule has 0 radical (unpaired) electrons. The van der Waals surface area contributed by atoms with E-state index in [9.17, 15) is 0 Å². The highest BCUT2D eigenvalue weighted by Gasteiger charge is 2.15. The van der Waals surface area contributed by atoms with Gasteiger partial charge in [0.25, 0.3) is 0 Å². The average Bonchev–Trinajstić information content (AvgIpc) is 2.32. The Labute approximate surface area is 105 Å². The number of nitrogens with two attached hydrogens (primary N) is 1. The number of piperidine rings is 1. The minimum Gasteiger partial charge on any atom is -0.399 e. The van der Waals surface area contributed by atoms with Crippen molar-refractivity contribution in [1.29, 1.82) is 0 Å². The summed E-state index contributed by atoms with van der Waals surface area (Å²) in [5.74, 6) is 0.912. The Kier molecular flexibility index (Phi) is 4.06. The molecule has 0 atom stereocenters. The molecule has 94 valence electrons. The zero-order chi connectivity index (χ0) is 12.3. The monoisotopic (exact) mass is 232 g/mol. The van der Waals surface area contributed by atoms with Gasteiger partial charge in [-0.3, -0.25) is 0 Å². The van der Waals surface area contributed by atoms with E-state index in [2.05, 4.69) is 30.9 Å². The SMILES string of the molecule is Cc1ccc(N)c(CCN2CCC(C)CC2)c1. The molecule has 0 spiro atoms. The summed E-state index contributed by atoms with van der Waals surface area (Å²) in [7, 11) is 0. The third kappa shape index (κ3) is 3.47. The predicted molar refractivity (Wildman–Crippen MR) is 74.1 cm³/mol. The second-order valence-electron chi connectivity index (χ2n) is 5.48. The smallest absolute Gasteiger partial charge is 0.0347 e. The fraction of sp³-hybridized carbons (Fsp3) is 0.600. The van der Waals surface area contributed by atoms with Crippen LogP contribution in [0.3, 0.4) is 0 Å². The maximum absolute atomic E-state index is 6.01. The molecule has 0 bridgehead atoms. The molecule has 1 aliphatic heterocycles. The number of anilines is 1. The summed E-state index contributed by atoms with van der Waals surface area (Å²) in [6.07, 6.45) is 3.79. The van der Waals surface area contributed by atoms with E-state index in [1.807, 2.05) is 6.07 Å². The van der Waals surface area contributed by atoms with Gasteiger partial charge in [0.1, 0.15) is 0 Å². The van der Waals surface area contributed by atoms with Crippen LogP contribution in [0.15, 0.2) is 18.2 Å². The second kappa shape index (κ2) is 5.54. The van der Waals surface area contributed by atoms with E-state index in [0.29, 0.717) is 0 Å². The lowest BCUT2D eigenvalue weighted by molar-refractivity contribution is 0.194. The van der Waals surface area contributed by atoms with Gasteiger partial charge in [0, 0.05) is 12.2 Å². The largest absolute Gasteiger partial charge is 0.399 e. The van der Waals surface area contributed by atoms with E-state index >= 15 is 0 Å². The molecule has 17 heavy (non-hydrogen) atoms. The van der Waals surface area contributed by atoms with Crippen molar-refractivity contribution in [3.8, 4) is 0 Å². The van der Waals surface area contributed by atoms with Gasteiger partial charge in [-0.15, -0.1) is 0 Å². The van der Waals surface area contributed by atoms with Crippen molar-refractivity contribution in [2.75, 3.05) is 25.4 Å². The molecule has 2 nitrogen and oxygen atoms in total. The number of rotatable bonds is 3. The fourth-order valence-electron chi connectivity index (χ4n) is 2.52. The molecule has 1 heterocycles. The van der Waals surface area contributed by atoms with Crippen LogP contribution >= 0.6 is 0 Å². The minimum atomic E-state index is 0.912. The van der Waals surface area contributed by atoms with E-state index in [1.54, 1.807) is 0 Å². The van der Waals surface area contributed by atoms with Gasteiger partial charge in [-0.2, -0.15) is 0 Å². The first-order valence-corrected chi connectivity index (χ1v) is 6.72. The van der Waals surface area contributed by atoms with Crippen LogP contribution < -0.4 is 5.73 Å². The predicted octanol–water partition coefficient (Wildman–Crippen LogP) is 2.85. The van der Waals surface area contributed by atoms with Crippen molar-refractivity contribution in [3.63, 3.8) is 0 Å². The van der Waals surface area contributed by atoms with Crippen molar-refractivity contribution in [2.24, 2.45) is 5.92 Å². The maximum atomic E-state index is 6.01. The van der Waals surface area contributed by atoms with Gasteiger partial charge in [-0.25, -0.2) is 0 Å². The molecule has 0 aliphatic carbocycles. The number of nitrogens with zero attached hydrogens (tertiary/aromatic N) is 1. The molecule has 1 fully saturated rings. The van der Waals surface area contributed by atoms with Crippen molar-refractivity contribution in [1.82, 2.24) is 4.90 Å². The standard InChI is InChI=1S/C15H24N2/c1-12-5-8-17(9-6-12)10-7-14-11-13(2)3-4-15(14)16/h3-4,11-12H,5-10,16H2,1-2H3. The number of likely N-dealkylation sites (tertiary alicyclic amines) is 1. The first-order valence-electron chi connectivity index (χ1n) is 6.72. The van der Waals surface area contributed by atoms with Gasteiger partial charge in [-0.1, -0.05) is 24.6 Å². The molecule has 0 unspecified atom stereocenters. The third-order valence-corrected chi connectivity index (χ3v) is 3.87. The Balaban J connectivity index is 1.87. The summed E-state index contributed by atoms with van der Waals surface area (Å²) in [4.78, 5) is 2.57. The van der Waals surface area contributed by atoms with Crippen molar-refractivity contribution in [2.45, 2.75) is 33.1 Å².